The summed E-state index contributed by atoms with van der Waals surface area (Å²) in [4.78, 5) is 23.6. The molecule has 0 spiro atoms. The topological polar surface area (TPSA) is 78.6 Å². The highest BCUT2D eigenvalue weighted by Crippen LogP contribution is 2.16. The van der Waals surface area contributed by atoms with E-state index in [9.17, 15) is 14.0 Å². The van der Waals surface area contributed by atoms with Crippen LogP contribution in [0.25, 0.3) is 0 Å². The molecule has 7 heteroatoms. The summed E-state index contributed by atoms with van der Waals surface area (Å²) in [5, 5.41) is 3.76. The van der Waals surface area contributed by atoms with E-state index in [0.717, 1.165) is 6.07 Å². The van der Waals surface area contributed by atoms with Crippen LogP contribution in [0.1, 0.15) is 32.9 Å². The summed E-state index contributed by atoms with van der Waals surface area (Å²) in [6.45, 7) is 3.28. The van der Waals surface area contributed by atoms with E-state index in [1.165, 1.54) is 19.2 Å². The van der Waals surface area contributed by atoms with Crippen LogP contribution < -0.4 is 0 Å². The van der Waals surface area contributed by atoms with Crippen LogP contribution in [0.3, 0.4) is 0 Å². The standard InChI is InChI=1S/C16H16FNO5/c1-9-13(10(2)23-18-9)7-15(19)22-8-11-4-5-12(17)6-14(11)16(20)21-3/h4-6H,7-8H2,1-3H3. The van der Waals surface area contributed by atoms with Crippen molar-refractivity contribution in [2.24, 2.45) is 0 Å². The van der Waals surface area contributed by atoms with Gasteiger partial charge in [0.15, 0.2) is 0 Å². The third-order valence-corrected chi connectivity index (χ3v) is 3.37. The molecule has 0 aliphatic heterocycles. The zero-order valence-corrected chi connectivity index (χ0v) is 13.0. The predicted octanol–water partition coefficient (Wildman–Crippen LogP) is 2.50. The molecule has 0 fully saturated rings. The molecule has 1 aromatic carbocycles. The van der Waals surface area contributed by atoms with Gasteiger partial charge in [-0.15, -0.1) is 0 Å². The van der Waals surface area contributed by atoms with Crippen molar-refractivity contribution < 1.29 is 28.0 Å². The zero-order valence-electron chi connectivity index (χ0n) is 13.0. The van der Waals surface area contributed by atoms with Crippen molar-refractivity contribution >= 4 is 11.9 Å². The minimum Gasteiger partial charge on any atom is -0.465 e. The summed E-state index contributed by atoms with van der Waals surface area (Å²) in [6, 6.07) is 3.61. The first-order valence-corrected chi connectivity index (χ1v) is 6.86. The second-order valence-corrected chi connectivity index (χ2v) is 4.93. The van der Waals surface area contributed by atoms with E-state index in [4.69, 9.17) is 9.26 Å². The number of methoxy groups -OCH3 is 1. The molecule has 0 bridgehead atoms. The Kier molecular flexibility index (Phi) is 5.10. The maximum absolute atomic E-state index is 13.3. The first-order chi connectivity index (χ1) is 10.9. The van der Waals surface area contributed by atoms with E-state index in [1.54, 1.807) is 13.8 Å². The van der Waals surface area contributed by atoms with Crippen LogP contribution in [0.15, 0.2) is 22.7 Å². The molecule has 0 saturated carbocycles. The molecule has 0 radical (unpaired) electrons. The number of hydrogen-bond donors (Lipinski definition) is 0. The van der Waals surface area contributed by atoms with Crippen LogP contribution >= 0.6 is 0 Å². The Morgan fingerprint density at radius 3 is 2.65 bits per heavy atom. The second-order valence-electron chi connectivity index (χ2n) is 4.93. The molecule has 2 rings (SSSR count). The number of halogens is 1. The smallest absolute Gasteiger partial charge is 0.338 e. The van der Waals surface area contributed by atoms with Gasteiger partial charge in [0.2, 0.25) is 0 Å². The van der Waals surface area contributed by atoms with Gasteiger partial charge < -0.3 is 14.0 Å². The number of benzene rings is 1. The summed E-state index contributed by atoms with van der Waals surface area (Å²) in [7, 11) is 1.19. The van der Waals surface area contributed by atoms with Crippen LogP contribution in [-0.2, 0) is 27.3 Å². The van der Waals surface area contributed by atoms with Gasteiger partial charge in [-0.3, -0.25) is 4.79 Å². The summed E-state index contributed by atoms with van der Waals surface area (Å²) in [6.07, 6.45) is 0.00984. The van der Waals surface area contributed by atoms with Crippen LogP contribution in [0.4, 0.5) is 4.39 Å². The lowest BCUT2D eigenvalue weighted by Crippen LogP contribution is -2.12. The lowest BCUT2D eigenvalue weighted by atomic mass is 10.1. The summed E-state index contributed by atoms with van der Waals surface area (Å²) < 4.78 is 28.0. The van der Waals surface area contributed by atoms with Crippen molar-refractivity contribution in [3.8, 4) is 0 Å². The summed E-state index contributed by atoms with van der Waals surface area (Å²) in [5.41, 5.74) is 1.68. The summed E-state index contributed by atoms with van der Waals surface area (Å²) in [5.74, 6) is -1.21. The van der Waals surface area contributed by atoms with Crippen molar-refractivity contribution in [2.45, 2.75) is 26.9 Å². The number of aryl methyl sites for hydroxylation is 2. The van der Waals surface area contributed by atoms with Crippen LogP contribution in [0, 0.1) is 19.7 Å². The molecular formula is C16H16FNO5. The molecule has 0 N–H and O–H groups in total. The van der Waals surface area contributed by atoms with Crippen LogP contribution in [-0.4, -0.2) is 24.2 Å². The molecule has 0 amide bonds. The van der Waals surface area contributed by atoms with Gasteiger partial charge >= 0.3 is 11.9 Å². The molecule has 0 atom stereocenters. The fraction of sp³-hybridized carbons (Fsp3) is 0.312. The largest absolute Gasteiger partial charge is 0.465 e. The minimum absolute atomic E-state index is 0.00984. The van der Waals surface area contributed by atoms with Gasteiger partial charge in [-0.05, 0) is 26.0 Å². The van der Waals surface area contributed by atoms with Crippen molar-refractivity contribution in [1.82, 2.24) is 5.16 Å². The first kappa shape index (κ1) is 16.7. The highest BCUT2D eigenvalue weighted by molar-refractivity contribution is 5.91. The Balaban J connectivity index is 2.06. The molecular weight excluding hydrogens is 305 g/mol. The monoisotopic (exact) mass is 321 g/mol. The average molecular weight is 321 g/mol. The van der Waals surface area contributed by atoms with E-state index in [2.05, 4.69) is 9.89 Å². The molecule has 0 aliphatic rings. The van der Waals surface area contributed by atoms with E-state index >= 15 is 0 Å². The summed E-state index contributed by atoms with van der Waals surface area (Å²) >= 11 is 0. The van der Waals surface area contributed by atoms with Crippen molar-refractivity contribution in [2.75, 3.05) is 7.11 Å². The Morgan fingerprint density at radius 1 is 1.30 bits per heavy atom. The Morgan fingerprint density at radius 2 is 2.04 bits per heavy atom. The zero-order chi connectivity index (χ0) is 17.0. The van der Waals surface area contributed by atoms with E-state index in [0.29, 0.717) is 22.6 Å². The Bertz CT molecular complexity index is 719. The molecule has 1 heterocycles. The number of rotatable bonds is 5. The third-order valence-electron chi connectivity index (χ3n) is 3.37. The quantitative estimate of drug-likeness (QED) is 0.787. The molecule has 122 valence electrons. The predicted molar refractivity (Wildman–Crippen MR) is 77.2 cm³/mol. The minimum atomic E-state index is -0.693. The lowest BCUT2D eigenvalue weighted by molar-refractivity contribution is -0.144. The molecule has 0 unspecified atom stereocenters. The van der Waals surface area contributed by atoms with E-state index in [1.807, 2.05) is 0 Å². The number of ether oxygens (including phenoxy) is 2. The molecule has 2 aromatic rings. The number of aromatic nitrogens is 1. The number of hydrogen-bond acceptors (Lipinski definition) is 6. The van der Waals surface area contributed by atoms with Crippen LogP contribution in [0.5, 0.6) is 0 Å². The van der Waals surface area contributed by atoms with Gasteiger partial charge in [-0.25, -0.2) is 9.18 Å². The molecule has 0 saturated heterocycles. The lowest BCUT2D eigenvalue weighted by Gasteiger charge is -2.09. The SMILES string of the molecule is COC(=O)c1cc(F)ccc1COC(=O)Cc1c(C)noc1C. The highest BCUT2D eigenvalue weighted by atomic mass is 19.1. The van der Waals surface area contributed by atoms with Crippen LogP contribution in [0.2, 0.25) is 0 Å². The van der Waals surface area contributed by atoms with E-state index in [-0.39, 0.29) is 18.6 Å². The fourth-order valence-electron chi connectivity index (χ4n) is 2.08. The van der Waals surface area contributed by atoms with Crippen molar-refractivity contribution in [3.05, 3.63) is 52.2 Å². The highest BCUT2D eigenvalue weighted by Gasteiger charge is 2.17. The van der Waals surface area contributed by atoms with Gasteiger partial charge in [-0.1, -0.05) is 11.2 Å². The first-order valence-electron chi connectivity index (χ1n) is 6.86. The van der Waals surface area contributed by atoms with Crippen molar-refractivity contribution in [3.63, 3.8) is 0 Å². The van der Waals surface area contributed by atoms with Gasteiger partial charge in [-0.2, -0.15) is 0 Å². The van der Waals surface area contributed by atoms with Gasteiger partial charge in [0.05, 0.1) is 24.8 Å². The van der Waals surface area contributed by atoms with E-state index < -0.39 is 17.8 Å². The number of carbonyl (C=O) groups is 2. The number of carbonyl (C=O) groups excluding carboxylic acids is 2. The second kappa shape index (κ2) is 7.04. The molecule has 23 heavy (non-hydrogen) atoms. The number of esters is 2. The third kappa shape index (κ3) is 3.94. The fourth-order valence-corrected chi connectivity index (χ4v) is 2.08. The Hall–Kier alpha value is -2.70. The van der Waals surface area contributed by atoms with Gasteiger partial charge in [0, 0.05) is 11.1 Å². The molecule has 1 aromatic heterocycles. The van der Waals surface area contributed by atoms with Gasteiger partial charge in [0.25, 0.3) is 0 Å². The normalized spacial score (nSPS) is 10.4. The maximum atomic E-state index is 13.3. The Labute approximate surface area is 132 Å². The molecule has 0 aliphatic carbocycles. The van der Waals surface area contributed by atoms with Gasteiger partial charge in [0.1, 0.15) is 18.2 Å². The number of nitrogens with zero attached hydrogens (tertiary/aromatic N) is 1. The van der Waals surface area contributed by atoms with Crippen molar-refractivity contribution in [1.29, 1.82) is 0 Å². The average Bonchev–Trinajstić information content (AvgIpc) is 2.84. The molecule has 6 nitrogen and oxygen atoms in total. The maximum Gasteiger partial charge on any atom is 0.338 e.